The molecule has 3 rings (SSSR count). The number of hydrogen-bond acceptors (Lipinski definition) is 2. The van der Waals surface area contributed by atoms with Crippen LogP contribution in [0.25, 0.3) is 11.1 Å². The predicted octanol–water partition coefficient (Wildman–Crippen LogP) is 7.25. The topological polar surface area (TPSA) is 18.5 Å². The van der Waals surface area contributed by atoms with Gasteiger partial charge in [-0.15, -0.1) is 0 Å². The van der Waals surface area contributed by atoms with Crippen LogP contribution in [0.15, 0.2) is 42.5 Å². The lowest BCUT2D eigenvalue weighted by Gasteiger charge is -2.29. The molecule has 152 valence electrons. The lowest BCUT2D eigenvalue weighted by molar-refractivity contribution is -0.205. The highest BCUT2D eigenvalue weighted by atomic mass is 16.7. The first kappa shape index (κ1) is 21.1. The Morgan fingerprint density at radius 2 is 1.57 bits per heavy atom. The maximum Gasteiger partial charge on any atom is 0.183 e. The van der Waals surface area contributed by atoms with Crippen molar-refractivity contribution < 1.29 is 9.47 Å². The molecule has 0 amide bonds. The van der Waals surface area contributed by atoms with E-state index >= 15 is 0 Å². The highest BCUT2D eigenvalue weighted by Gasteiger charge is 2.22. The zero-order valence-electron chi connectivity index (χ0n) is 17.9. The van der Waals surface area contributed by atoms with E-state index in [0.29, 0.717) is 5.92 Å². The van der Waals surface area contributed by atoms with Gasteiger partial charge in [-0.05, 0) is 48.4 Å². The second-order valence-corrected chi connectivity index (χ2v) is 8.21. The van der Waals surface area contributed by atoms with E-state index < -0.39 is 0 Å². The van der Waals surface area contributed by atoms with Gasteiger partial charge in [0.15, 0.2) is 6.29 Å². The molecule has 0 atom stereocenters. The maximum atomic E-state index is 5.92. The summed E-state index contributed by atoms with van der Waals surface area (Å²) in [5.41, 5.74) is 6.42. The Morgan fingerprint density at radius 3 is 2.21 bits per heavy atom. The van der Waals surface area contributed by atoms with Gasteiger partial charge in [0, 0.05) is 11.5 Å². The van der Waals surface area contributed by atoms with E-state index in [1.807, 2.05) is 0 Å². The van der Waals surface area contributed by atoms with Crippen LogP contribution in [0.5, 0.6) is 0 Å². The standard InChI is InChI=1S/C26H36O2/c1-4-6-7-8-9-10-22-11-13-23(14-12-22)25-16-15-24(17-20(25)3)26-27-18-21(5-2)19-28-26/h11-17,21,26H,4-10,18-19H2,1-3H3. The van der Waals surface area contributed by atoms with Crippen LogP contribution in [-0.4, -0.2) is 13.2 Å². The third-order valence-electron chi connectivity index (χ3n) is 5.90. The molecule has 0 N–H and O–H groups in total. The largest absolute Gasteiger partial charge is 0.348 e. The summed E-state index contributed by atoms with van der Waals surface area (Å²) in [6, 6.07) is 15.7. The van der Waals surface area contributed by atoms with Gasteiger partial charge in [0.25, 0.3) is 0 Å². The van der Waals surface area contributed by atoms with Crippen LogP contribution in [0.2, 0.25) is 0 Å². The first-order valence-electron chi connectivity index (χ1n) is 11.1. The molecule has 2 heteroatoms. The van der Waals surface area contributed by atoms with Crippen LogP contribution in [0.1, 0.15) is 75.4 Å². The molecule has 2 aromatic rings. The van der Waals surface area contributed by atoms with Crippen molar-refractivity contribution in [1.82, 2.24) is 0 Å². The average molecular weight is 381 g/mol. The monoisotopic (exact) mass is 380 g/mol. The number of benzene rings is 2. The van der Waals surface area contributed by atoms with E-state index in [-0.39, 0.29) is 6.29 Å². The molecule has 0 aliphatic carbocycles. The van der Waals surface area contributed by atoms with E-state index in [1.54, 1.807) is 0 Å². The quantitative estimate of drug-likeness (QED) is 0.427. The second-order valence-electron chi connectivity index (χ2n) is 8.21. The molecule has 0 aromatic heterocycles. The number of hydrogen-bond donors (Lipinski definition) is 0. The van der Waals surface area contributed by atoms with Gasteiger partial charge >= 0.3 is 0 Å². The summed E-state index contributed by atoms with van der Waals surface area (Å²) in [4.78, 5) is 0. The molecule has 2 aromatic carbocycles. The molecule has 2 nitrogen and oxygen atoms in total. The molecular formula is C26H36O2. The van der Waals surface area contributed by atoms with Gasteiger partial charge in [0.05, 0.1) is 13.2 Å². The van der Waals surface area contributed by atoms with Gasteiger partial charge in [-0.2, -0.15) is 0 Å². The van der Waals surface area contributed by atoms with Crippen molar-refractivity contribution in [1.29, 1.82) is 0 Å². The minimum Gasteiger partial charge on any atom is -0.348 e. The van der Waals surface area contributed by atoms with Crippen molar-refractivity contribution in [2.24, 2.45) is 5.92 Å². The van der Waals surface area contributed by atoms with Crippen LogP contribution >= 0.6 is 0 Å². The van der Waals surface area contributed by atoms with Crippen molar-refractivity contribution >= 4 is 0 Å². The first-order valence-corrected chi connectivity index (χ1v) is 11.1. The van der Waals surface area contributed by atoms with Gasteiger partial charge < -0.3 is 9.47 Å². The van der Waals surface area contributed by atoms with Gasteiger partial charge in [0.1, 0.15) is 0 Å². The summed E-state index contributed by atoms with van der Waals surface area (Å²) in [5.74, 6) is 0.529. The fourth-order valence-electron chi connectivity index (χ4n) is 3.91. The Kier molecular flexibility index (Phi) is 8.12. The highest BCUT2D eigenvalue weighted by Crippen LogP contribution is 2.31. The summed E-state index contributed by atoms with van der Waals surface area (Å²) >= 11 is 0. The molecule has 0 spiro atoms. The number of unbranched alkanes of at least 4 members (excludes halogenated alkanes) is 4. The lowest BCUT2D eigenvalue weighted by atomic mass is 9.96. The third-order valence-corrected chi connectivity index (χ3v) is 5.90. The van der Waals surface area contributed by atoms with Crippen molar-refractivity contribution in [2.45, 2.75) is 72.0 Å². The third kappa shape index (κ3) is 5.68. The normalized spacial score (nSPS) is 19.7. The van der Waals surface area contributed by atoms with Gasteiger partial charge in [0.2, 0.25) is 0 Å². The Labute approximate surface area is 171 Å². The van der Waals surface area contributed by atoms with Gasteiger partial charge in [-0.3, -0.25) is 0 Å². The fourth-order valence-corrected chi connectivity index (χ4v) is 3.91. The predicted molar refractivity (Wildman–Crippen MR) is 118 cm³/mol. The van der Waals surface area contributed by atoms with Gasteiger partial charge in [-0.1, -0.05) is 82.0 Å². The summed E-state index contributed by atoms with van der Waals surface area (Å²) in [6.07, 6.45) is 8.78. The summed E-state index contributed by atoms with van der Waals surface area (Å²) in [6.45, 7) is 8.22. The molecule has 0 bridgehead atoms. The summed E-state index contributed by atoms with van der Waals surface area (Å²) < 4.78 is 11.8. The number of rotatable bonds is 9. The zero-order chi connectivity index (χ0) is 19.8. The molecule has 28 heavy (non-hydrogen) atoms. The molecule has 0 radical (unpaired) electrons. The Morgan fingerprint density at radius 1 is 0.857 bits per heavy atom. The van der Waals surface area contributed by atoms with Crippen LogP contribution in [0.3, 0.4) is 0 Å². The number of ether oxygens (including phenoxy) is 2. The molecule has 1 saturated heterocycles. The Balaban J connectivity index is 1.59. The molecule has 1 heterocycles. The van der Waals surface area contributed by atoms with Gasteiger partial charge in [-0.25, -0.2) is 0 Å². The zero-order valence-corrected chi connectivity index (χ0v) is 17.9. The minimum absolute atomic E-state index is 0.217. The van der Waals surface area contributed by atoms with Crippen LogP contribution in [0.4, 0.5) is 0 Å². The SMILES string of the molecule is CCCCCCCc1ccc(-c2ccc(C3OCC(CC)CO3)cc2C)cc1. The smallest absolute Gasteiger partial charge is 0.183 e. The highest BCUT2D eigenvalue weighted by molar-refractivity contribution is 5.67. The average Bonchev–Trinajstić information content (AvgIpc) is 2.74. The van der Waals surface area contributed by atoms with Crippen LogP contribution in [0, 0.1) is 12.8 Å². The van der Waals surface area contributed by atoms with E-state index in [4.69, 9.17) is 9.47 Å². The molecule has 1 aliphatic rings. The van der Waals surface area contributed by atoms with E-state index in [0.717, 1.165) is 25.2 Å². The van der Waals surface area contributed by atoms with E-state index in [9.17, 15) is 0 Å². The molecule has 1 fully saturated rings. The van der Waals surface area contributed by atoms with E-state index in [2.05, 4.69) is 63.2 Å². The molecule has 1 aliphatic heterocycles. The lowest BCUT2D eigenvalue weighted by Crippen LogP contribution is -2.26. The summed E-state index contributed by atoms with van der Waals surface area (Å²) in [5, 5.41) is 0. The number of aryl methyl sites for hydroxylation is 2. The van der Waals surface area contributed by atoms with Crippen molar-refractivity contribution in [2.75, 3.05) is 13.2 Å². The Hall–Kier alpha value is -1.64. The van der Waals surface area contributed by atoms with E-state index in [1.165, 1.54) is 60.8 Å². The second kappa shape index (κ2) is 10.8. The van der Waals surface area contributed by atoms with Crippen LogP contribution in [-0.2, 0) is 15.9 Å². The molecule has 0 saturated carbocycles. The first-order chi connectivity index (χ1) is 13.7. The van der Waals surface area contributed by atoms with Crippen molar-refractivity contribution in [3.63, 3.8) is 0 Å². The minimum atomic E-state index is -0.217. The molecule has 0 unspecified atom stereocenters. The van der Waals surface area contributed by atoms with Crippen molar-refractivity contribution in [3.8, 4) is 11.1 Å². The van der Waals surface area contributed by atoms with Crippen LogP contribution < -0.4 is 0 Å². The fraction of sp³-hybridized carbons (Fsp3) is 0.538. The Bertz CT molecular complexity index is 712. The molecular weight excluding hydrogens is 344 g/mol. The van der Waals surface area contributed by atoms with Crippen molar-refractivity contribution in [3.05, 3.63) is 59.2 Å². The maximum absolute atomic E-state index is 5.92. The summed E-state index contributed by atoms with van der Waals surface area (Å²) in [7, 11) is 0.